The molecule has 1 aromatic rings. The first-order chi connectivity index (χ1) is 9.10. The fourth-order valence-electron chi connectivity index (χ4n) is 2.49. The molecule has 1 fully saturated rings. The SMILES string of the molecule is CCCC1(CNC(C)c2ccc(C(=O)OC)o2)CC1. The molecule has 1 heterocycles. The van der Waals surface area contributed by atoms with E-state index in [0.717, 1.165) is 12.3 Å². The molecular weight excluding hydrogens is 242 g/mol. The number of furan rings is 1. The average molecular weight is 265 g/mol. The maximum atomic E-state index is 11.3. The van der Waals surface area contributed by atoms with Crippen molar-refractivity contribution in [3.05, 3.63) is 23.7 Å². The second-order valence-electron chi connectivity index (χ2n) is 5.55. The highest BCUT2D eigenvalue weighted by Crippen LogP contribution is 2.49. The molecule has 0 bridgehead atoms. The van der Waals surface area contributed by atoms with E-state index in [0.29, 0.717) is 5.41 Å². The van der Waals surface area contributed by atoms with Gasteiger partial charge in [0, 0.05) is 6.54 Å². The van der Waals surface area contributed by atoms with Crippen molar-refractivity contribution in [3.8, 4) is 0 Å². The monoisotopic (exact) mass is 265 g/mol. The predicted molar refractivity (Wildman–Crippen MR) is 73.0 cm³/mol. The topological polar surface area (TPSA) is 51.5 Å². The Morgan fingerprint density at radius 2 is 2.26 bits per heavy atom. The van der Waals surface area contributed by atoms with Gasteiger partial charge in [-0.3, -0.25) is 0 Å². The third-order valence-electron chi connectivity index (χ3n) is 3.96. The Hall–Kier alpha value is -1.29. The Kier molecular flexibility index (Phi) is 4.30. The van der Waals surface area contributed by atoms with Crippen molar-refractivity contribution in [2.45, 2.75) is 45.6 Å². The zero-order valence-electron chi connectivity index (χ0n) is 12.0. The van der Waals surface area contributed by atoms with Gasteiger partial charge < -0.3 is 14.5 Å². The van der Waals surface area contributed by atoms with Crippen LogP contribution in [0.4, 0.5) is 0 Å². The highest BCUT2D eigenvalue weighted by atomic mass is 16.5. The van der Waals surface area contributed by atoms with E-state index in [1.54, 1.807) is 6.07 Å². The fourth-order valence-corrected chi connectivity index (χ4v) is 2.49. The molecule has 0 saturated heterocycles. The molecule has 1 saturated carbocycles. The zero-order chi connectivity index (χ0) is 13.9. The summed E-state index contributed by atoms with van der Waals surface area (Å²) in [4.78, 5) is 11.3. The second kappa shape index (κ2) is 5.78. The fraction of sp³-hybridized carbons (Fsp3) is 0.667. The lowest BCUT2D eigenvalue weighted by Crippen LogP contribution is -2.26. The molecule has 4 heteroatoms. The molecule has 1 aliphatic rings. The van der Waals surface area contributed by atoms with Crippen LogP contribution in [0.1, 0.15) is 61.9 Å². The van der Waals surface area contributed by atoms with E-state index in [1.165, 1.54) is 32.8 Å². The van der Waals surface area contributed by atoms with Gasteiger partial charge in [-0.15, -0.1) is 0 Å². The third kappa shape index (κ3) is 3.38. The predicted octanol–water partition coefficient (Wildman–Crippen LogP) is 3.30. The second-order valence-corrected chi connectivity index (χ2v) is 5.55. The van der Waals surface area contributed by atoms with Crippen LogP contribution in [0, 0.1) is 5.41 Å². The summed E-state index contributed by atoms with van der Waals surface area (Å²) in [6.07, 6.45) is 5.18. The lowest BCUT2D eigenvalue weighted by atomic mass is 10.0. The van der Waals surface area contributed by atoms with Crippen LogP contribution in [0.3, 0.4) is 0 Å². The van der Waals surface area contributed by atoms with Crippen LogP contribution in [0.15, 0.2) is 16.5 Å². The highest BCUT2D eigenvalue weighted by Gasteiger charge is 2.41. The number of esters is 1. The Morgan fingerprint density at radius 1 is 1.53 bits per heavy atom. The number of carbonyl (C=O) groups is 1. The number of carbonyl (C=O) groups excluding carboxylic acids is 1. The van der Waals surface area contributed by atoms with Crippen LogP contribution in [0.5, 0.6) is 0 Å². The number of rotatable bonds is 7. The lowest BCUT2D eigenvalue weighted by Gasteiger charge is -2.18. The normalized spacial score (nSPS) is 18.1. The van der Waals surface area contributed by atoms with E-state index >= 15 is 0 Å². The summed E-state index contributed by atoms with van der Waals surface area (Å²) >= 11 is 0. The zero-order valence-corrected chi connectivity index (χ0v) is 12.0. The van der Waals surface area contributed by atoms with E-state index < -0.39 is 5.97 Å². The van der Waals surface area contributed by atoms with Crippen LogP contribution in [-0.4, -0.2) is 19.6 Å². The standard InChI is InChI=1S/C15H23NO3/c1-4-7-15(8-9-15)10-16-11(2)12-5-6-13(19-12)14(17)18-3/h5-6,11,16H,4,7-10H2,1-3H3. The van der Waals surface area contributed by atoms with Gasteiger partial charge in [0.25, 0.3) is 0 Å². The molecule has 106 valence electrons. The molecule has 19 heavy (non-hydrogen) atoms. The van der Waals surface area contributed by atoms with Crippen molar-refractivity contribution in [1.29, 1.82) is 0 Å². The number of hydrogen-bond acceptors (Lipinski definition) is 4. The minimum Gasteiger partial charge on any atom is -0.463 e. The Bertz CT molecular complexity index is 434. The van der Waals surface area contributed by atoms with Gasteiger partial charge >= 0.3 is 5.97 Å². The molecule has 0 aromatic carbocycles. The van der Waals surface area contributed by atoms with Crippen LogP contribution >= 0.6 is 0 Å². The van der Waals surface area contributed by atoms with Crippen molar-refractivity contribution >= 4 is 5.97 Å². The van der Waals surface area contributed by atoms with E-state index in [1.807, 2.05) is 6.07 Å². The number of nitrogens with one attached hydrogen (secondary N) is 1. The third-order valence-corrected chi connectivity index (χ3v) is 3.96. The van der Waals surface area contributed by atoms with Crippen molar-refractivity contribution in [1.82, 2.24) is 5.32 Å². The minimum absolute atomic E-state index is 0.118. The van der Waals surface area contributed by atoms with Gasteiger partial charge in [-0.1, -0.05) is 13.3 Å². The Labute approximate surface area is 114 Å². The van der Waals surface area contributed by atoms with Gasteiger partial charge in [0.2, 0.25) is 5.76 Å². The Morgan fingerprint density at radius 3 is 2.84 bits per heavy atom. The molecule has 0 amide bonds. The van der Waals surface area contributed by atoms with Crippen molar-refractivity contribution in [2.24, 2.45) is 5.41 Å². The van der Waals surface area contributed by atoms with E-state index in [-0.39, 0.29) is 11.8 Å². The molecule has 0 radical (unpaired) electrons. The van der Waals surface area contributed by atoms with Crippen LogP contribution in [-0.2, 0) is 4.74 Å². The maximum Gasteiger partial charge on any atom is 0.373 e. The first-order valence-corrected chi connectivity index (χ1v) is 7.02. The van der Waals surface area contributed by atoms with Gasteiger partial charge in [0.15, 0.2) is 0 Å². The summed E-state index contributed by atoms with van der Waals surface area (Å²) in [5.41, 5.74) is 0.515. The van der Waals surface area contributed by atoms with Gasteiger partial charge in [-0.2, -0.15) is 0 Å². The summed E-state index contributed by atoms with van der Waals surface area (Å²) in [6, 6.07) is 3.62. The number of ether oxygens (including phenoxy) is 1. The first-order valence-electron chi connectivity index (χ1n) is 7.02. The maximum absolute atomic E-state index is 11.3. The Balaban J connectivity index is 1.88. The lowest BCUT2D eigenvalue weighted by molar-refractivity contribution is 0.0562. The summed E-state index contributed by atoms with van der Waals surface area (Å²) in [6.45, 7) is 5.32. The number of methoxy groups -OCH3 is 1. The molecule has 1 atom stereocenters. The molecule has 0 spiro atoms. The largest absolute Gasteiger partial charge is 0.463 e. The molecule has 1 N–H and O–H groups in total. The average Bonchev–Trinajstić information content (AvgIpc) is 3.00. The van der Waals surface area contributed by atoms with Crippen LogP contribution in [0.25, 0.3) is 0 Å². The summed E-state index contributed by atoms with van der Waals surface area (Å²) < 4.78 is 10.1. The van der Waals surface area contributed by atoms with Gasteiger partial charge in [0.05, 0.1) is 13.2 Å². The smallest absolute Gasteiger partial charge is 0.373 e. The summed E-state index contributed by atoms with van der Waals surface area (Å²) in [5, 5.41) is 3.51. The van der Waals surface area contributed by atoms with Gasteiger partial charge in [0.1, 0.15) is 5.76 Å². The minimum atomic E-state index is -0.428. The van der Waals surface area contributed by atoms with Crippen molar-refractivity contribution in [3.63, 3.8) is 0 Å². The van der Waals surface area contributed by atoms with E-state index in [2.05, 4.69) is 23.9 Å². The molecular formula is C15H23NO3. The number of hydrogen-bond donors (Lipinski definition) is 1. The molecule has 2 rings (SSSR count). The highest BCUT2D eigenvalue weighted by molar-refractivity contribution is 5.86. The van der Waals surface area contributed by atoms with E-state index in [9.17, 15) is 4.79 Å². The van der Waals surface area contributed by atoms with Crippen molar-refractivity contribution < 1.29 is 13.9 Å². The molecule has 1 aliphatic carbocycles. The molecule has 1 aromatic heterocycles. The summed E-state index contributed by atoms with van der Waals surface area (Å²) in [5.74, 6) is 0.622. The molecule has 1 unspecified atom stereocenters. The molecule has 4 nitrogen and oxygen atoms in total. The van der Waals surface area contributed by atoms with Crippen LogP contribution < -0.4 is 5.32 Å². The van der Waals surface area contributed by atoms with Crippen molar-refractivity contribution in [2.75, 3.05) is 13.7 Å². The quantitative estimate of drug-likeness (QED) is 0.769. The van der Waals surface area contributed by atoms with E-state index in [4.69, 9.17) is 4.42 Å². The van der Waals surface area contributed by atoms with Gasteiger partial charge in [-0.05, 0) is 43.7 Å². The summed E-state index contributed by atoms with van der Waals surface area (Å²) in [7, 11) is 1.35. The first kappa shape index (κ1) is 14.1. The van der Waals surface area contributed by atoms with Crippen LogP contribution in [0.2, 0.25) is 0 Å². The van der Waals surface area contributed by atoms with Gasteiger partial charge in [-0.25, -0.2) is 4.79 Å². The molecule has 0 aliphatic heterocycles.